The molecule has 1 fully saturated rings. The molecule has 2 aromatic carbocycles. The van der Waals surface area contributed by atoms with E-state index in [2.05, 4.69) is 44.9 Å². The Labute approximate surface area is 191 Å². The van der Waals surface area contributed by atoms with Crippen LogP contribution in [0.4, 0.5) is 10.2 Å². The highest BCUT2D eigenvalue weighted by Gasteiger charge is 2.26. The van der Waals surface area contributed by atoms with E-state index in [0.29, 0.717) is 22.3 Å². The Morgan fingerprint density at radius 1 is 1.12 bits per heavy atom. The van der Waals surface area contributed by atoms with Gasteiger partial charge in [-0.15, -0.1) is 6.42 Å². The number of rotatable bonds is 3. The third kappa shape index (κ3) is 3.62. The van der Waals surface area contributed by atoms with Gasteiger partial charge in [0, 0.05) is 47.9 Å². The van der Waals surface area contributed by atoms with Crippen molar-refractivity contribution in [3.8, 4) is 29.6 Å². The average Bonchev–Trinajstić information content (AvgIpc) is 2.82. The van der Waals surface area contributed by atoms with E-state index in [1.54, 1.807) is 6.20 Å². The standard InChI is InChI=1S/C26H24FN5O/c1-5-17-8-6-9-18-10-7-11-19(21(17)18)23-22(27)24-20(12-28-23)25(31-26(30-24)33-4)32-13-15(2)29-16(3)14-32/h1,6-12,15-16,29H,13-14H2,2-4H3. The van der Waals surface area contributed by atoms with Gasteiger partial charge in [-0.2, -0.15) is 9.97 Å². The minimum Gasteiger partial charge on any atom is -0.467 e. The van der Waals surface area contributed by atoms with Gasteiger partial charge in [0.25, 0.3) is 0 Å². The molecular formula is C26H24FN5O. The number of nitrogens with zero attached hydrogens (tertiary/aromatic N) is 4. The highest BCUT2D eigenvalue weighted by Crippen LogP contribution is 2.36. The Hall–Kier alpha value is -3.76. The highest BCUT2D eigenvalue weighted by molar-refractivity contribution is 6.01. The van der Waals surface area contributed by atoms with Crippen LogP contribution in [0, 0.1) is 18.2 Å². The van der Waals surface area contributed by atoms with Crippen molar-refractivity contribution in [3.05, 3.63) is 54.0 Å². The molecule has 3 heterocycles. The summed E-state index contributed by atoms with van der Waals surface area (Å²) in [6, 6.07) is 12.0. The molecule has 2 atom stereocenters. The number of nitrogens with one attached hydrogen (secondary N) is 1. The number of aromatic nitrogens is 3. The quantitative estimate of drug-likeness (QED) is 0.482. The van der Waals surface area contributed by atoms with Crippen LogP contribution in [0.15, 0.2) is 42.6 Å². The maximum atomic E-state index is 16.0. The zero-order chi connectivity index (χ0) is 23.1. The Balaban J connectivity index is 1.75. The van der Waals surface area contributed by atoms with E-state index in [4.69, 9.17) is 11.2 Å². The molecule has 1 N–H and O–H groups in total. The first-order chi connectivity index (χ1) is 16.0. The molecule has 0 aliphatic carbocycles. The number of hydrogen-bond donors (Lipinski definition) is 1. The van der Waals surface area contributed by atoms with Gasteiger partial charge in [-0.1, -0.05) is 36.3 Å². The van der Waals surface area contributed by atoms with Gasteiger partial charge in [-0.05, 0) is 25.3 Å². The molecule has 2 unspecified atom stereocenters. The molecule has 1 saturated heterocycles. The Kier molecular flexibility index (Phi) is 5.31. The van der Waals surface area contributed by atoms with Crippen LogP contribution in [0.5, 0.6) is 6.01 Å². The fraction of sp³-hybridized carbons (Fsp3) is 0.269. The van der Waals surface area contributed by atoms with E-state index < -0.39 is 5.82 Å². The Bertz CT molecular complexity index is 1400. The van der Waals surface area contributed by atoms with Crippen LogP contribution < -0.4 is 15.0 Å². The molecule has 1 aliphatic heterocycles. The van der Waals surface area contributed by atoms with Gasteiger partial charge in [0.1, 0.15) is 17.0 Å². The Morgan fingerprint density at radius 3 is 2.55 bits per heavy atom. The highest BCUT2D eigenvalue weighted by atomic mass is 19.1. The lowest BCUT2D eigenvalue weighted by molar-refractivity contribution is 0.377. The van der Waals surface area contributed by atoms with Crippen LogP contribution in [-0.2, 0) is 0 Å². The Morgan fingerprint density at radius 2 is 1.85 bits per heavy atom. The molecule has 5 rings (SSSR count). The molecule has 1 aliphatic rings. The third-order valence-corrected chi connectivity index (χ3v) is 6.00. The minimum atomic E-state index is -0.523. The van der Waals surface area contributed by atoms with Crippen molar-refractivity contribution in [2.24, 2.45) is 0 Å². The van der Waals surface area contributed by atoms with Gasteiger partial charge >= 0.3 is 6.01 Å². The van der Waals surface area contributed by atoms with Crippen molar-refractivity contribution in [2.45, 2.75) is 25.9 Å². The summed E-state index contributed by atoms with van der Waals surface area (Å²) in [5.74, 6) is 2.81. The lowest BCUT2D eigenvalue weighted by Gasteiger charge is -2.37. The number of fused-ring (bicyclic) bond motifs is 2. The summed E-state index contributed by atoms with van der Waals surface area (Å²) in [6.07, 6.45) is 7.39. The summed E-state index contributed by atoms with van der Waals surface area (Å²) in [6.45, 7) is 5.70. The van der Waals surface area contributed by atoms with Crippen molar-refractivity contribution >= 4 is 27.5 Å². The van der Waals surface area contributed by atoms with Crippen LogP contribution in [0.3, 0.4) is 0 Å². The third-order valence-electron chi connectivity index (χ3n) is 6.00. The second-order valence-corrected chi connectivity index (χ2v) is 8.44. The van der Waals surface area contributed by atoms with Crippen molar-refractivity contribution in [3.63, 3.8) is 0 Å². The lowest BCUT2D eigenvalue weighted by atomic mass is 9.97. The maximum absolute atomic E-state index is 16.0. The molecule has 0 saturated carbocycles. The van der Waals surface area contributed by atoms with Gasteiger partial charge in [-0.25, -0.2) is 4.39 Å². The number of piperazine rings is 1. The fourth-order valence-electron chi connectivity index (χ4n) is 4.70. The summed E-state index contributed by atoms with van der Waals surface area (Å²) in [5, 5.41) is 5.77. The van der Waals surface area contributed by atoms with Crippen molar-refractivity contribution in [1.82, 2.24) is 20.3 Å². The zero-order valence-electron chi connectivity index (χ0n) is 18.8. The number of pyridine rings is 1. The van der Waals surface area contributed by atoms with Crippen molar-refractivity contribution < 1.29 is 9.13 Å². The van der Waals surface area contributed by atoms with Crippen molar-refractivity contribution in [1.29, 1.82) is 0 Å². The van der Waals surface area contributed by atoms with E-state index >= 15 is 4.39 Å². The number of halogens is 1. The number of hydrogen-bond acceptors (Lipinski definition) is 6. The molecule has 4 aromatic rings. The van der Waals surface area contributed by atoms with E-state index in [0.717, 1.165) is 23.9 Å². The number of ether oxygens (including phenoxy) is 1. The van der Waals surface area contributed by atoms with E-state index in [9.17, 15) is 0 Å². The fourth-order valence-corrected chi connectivity index (χ4v) is 4.70. The summed E-state index contributed by atoms with van der Waals surface area (Å²) in [5.41, 5.74) is 1.69. The first kappa shape index (κ1) is 21.1. The minimum absolute atomic E-state index is 0.120. The molecule has 33 heavy (non-hydrogen) atoms. The molecule has 7 heteroatoms. The van der Waals surface area contributed by atoms with E-state index in [-0.39, 0.29) is 29.3 Å². The number of benzene rings is 2. The van der Waals surface area contributed by atoms with E-state index in [1.807, 2.05) is 36.4 Å². The number of methoxy groups -OCH3 is 1. The monoisotopic (exact) mass is 441 g/mol. The average molecular weight is 442 g/mol. The van der Waals surface area contributed by atoms with Gasteiger partial charge in [0.2, 0.25) is 0 Å². The second kappa shape index (κ2) is 8.30. The SMILES string of the molecule is C#Cc1cccc2cccc(-c3ncc4c(N5CC(C)NC(C)C5)nc(OC)nc4c3F)c12. The number of terminal acetylenes is 1. The van der Waals surface area contributed by atoms with Crippen LogP contribution >= 0.6 is 0 Å². The maximum Gasteiger partial charge on any atom is 0.318 e. The molecular weight excluding hydrogens is 417 g/mol. The van der Waals surface area contributed by atoms with Gasteiger partial charge in [0.15, 0.2) is 5.82 Å². The van der Waals surface area contributed by atoms with Crippen LogP contribution in [0.2, 0.25) is 0 Å². The summed E-state index contributed by atoms with van der Waals surface area (Å²) < 4.78 is 21.4. The predicted octanol–water partition coefficient (Wildman–Crippen LogP) is 4.16. The molecule has 0 bridgehead atoms. The smallest absolute Gasteiger partial charge is 0.318 e. The molecule has 0 radical (unpaired) electrons. The molecule has 6 nitrogen and oxygen atoms in total. The van der Waals surface area contributed by atoms with Gasteiger partial charge < -0.3 is 15.0 Å². The molecule has 166 valence electrons. The van der Waals surface area contributed by atoms with Crippen LogP contribution in [0.1, 0.15) is 19.4 Å². The number of anilines is 1. The van der Waals surface area contributed by atoms with Gasteiger partial charge in [-0.3, -0.25) is 4.98 Å². The topological polar surface area (TPSA) is 63.2 Å². The molecule has 0 amide bonds. The van der Waals surface area contributed by atoms with Crippen LogP contribution in [-0.4, -0.2) is 47.2 Å². The first-order valence-corrected chi connectivity index (χ1v) is 10.9. The summed E-state index contributed by atoms with van der Waals surface area (Å²) >= 11 is 0. The van der Waals surface area contributed by atoms with Gasteiger partial charge in [0.05, 0.1) is 12.5 Å². The van der Waals surface area contributed by atoms with E-state index in [1.165, 1.54) is 7.11 Å². The zero-order valence-corrected chi connectivity index (χ0v) is 18.8. The largest absolute Gasteiger partial charge is 0.467 e. The van der Waals surface area contributed by atoms with Crippen LogP contribution in [0.25, 0.3) is 32.9 Å². The summed E-state index contributed by atoms with van der Waals surface area (Å²) in [7, 11) is 1.48. The normalized spacial score (nSPS) is 18.5. The summed E-state index contributed by atoms with van der Waals surface area (Å²) in [4.78, 5) is 15.6. The molecule has 0 spiro atoms. The first-order valence-electron chi connectivity index (χ1n) is 10.9. The second-order valence-electron chi connectivity index (χ2n) is 8.44. The molecule has 2 aromatic heterocycles. The van der Waals surface area contributed by atoms with Crippen molar-refractivity contribution in [2.75, 3.05) is 25.1 Å². The predicted molar refractivity (Wildman–Crippen MR) is 129 cm³/mol. The lowest BCUT2D eigenvalue weighted by Crippen LogP contribution is -2.54.